The lowest BCUT2D eigenvalue weighted by molar-refractivity contribution is -0.384. The molecule has 0 aliphatic heterocycles. The molecule has 26 heavy (non-hydrogen) atoms. The van der Waals surface area contributed by atoms with Crippen LogP contribution in [0.3, 0.4) is 0 Å². The molecule has 7 heteroatoms. The first kappa shape index (κ1) is 16.6. The summed E-state index contributed by atoms with van der Waals surface area (Å²) in [6, 6.07) is 9.49. The van der Waals surface area contributed by atoms with Crippen LogP contribution < -0.4 is 10.4 Å². The van der Waals surface area contributed by atoms with Gasteiger partial charge in [-0.1, -0.05) is 11.6 Å². The molecule has 132 valence electrons. The van der Waals surface area contributed by atoms with Crippen LogP contribution in [-0.4, -0.2) is 4.92 Å². The van der Waals surface area contributed by atoms with Gasteiger partial charge in [0.05, 0.1) is 9.95 Å². The third-order valence-electron chi connectivity index (χ3n) is 4.57. The summed E-state index contributed by atoms with van der Waals surface area (Å²) in [6.45, 7) is 0.193. The second-order valence-corrected chi connectivity index (χ2v) is 6.60. The van der Waals surface area contributed by atoms with E-state index in [4.69, 9.17) is 20.8 Å². The highest BCUT2D eigenvalue weighted by atomic mass is 35.5. The molecule has 4 rings (SSSR count). The Bertz CT molecular complexity index is 1070. The zero-order valence-corrected chi connectivity index (χ0v) is 14.4. The van der Waals surface area contributed by atoms with E-state index >= 15 is 0 Å². The van der Waals surface area contributed by atoms with Crippen molar-refractivity contribution in [1.82, 2.24) is 0 Å². The molecule has 1 aliphatic carbocycles. The first-order chi connectivity index (χ1) is 12.5. The van der Waals surface area contributed by atoms with Crippen molar-refractivity contribution >= 4 is 28.3 Å². The highest BCUT2D eigenvalue weighted by Gasteiger charge is 2.21. The second kappa shape index (κ2) is 6.46. The van der Waals surface area contributed by atoms with Crippen molar-refractivity contribution in [2.45, 2.75) is 25.9 Å². The van der Waals surface area contributed by atoms with Gasteiger partial charge in [0.25, 0.3) is 5.69 Å². The minimum absolute atomic E-state index is 0.0214. The van der Waals surface area contributed by atoms with Crippen LogP contribution in [0.1, 0.15) is 23.1 Å². The van der Waals surface area contributed by atoms with E-state index in [2.05, 4.69) is 0 Å². The second-order valence-electron chi connectivity index (χ2n) is 6.19. The van der Waals surface area contributed by atoms with Gasteiger partial charge in [0.2, 0.25) is 0 Å². The van der Waals surface area contributed by atoms with Crippen LogP contribution in [0.15, 0.2) is 45.6 Å². The van der Waals surface area contributed by atoms with Crippen LogP contribution in [0, 0.1) is 10.1 Å². The number of benzene rings is 2. The Labute approximate surface area is 153 Å². The van der Waals surface area contributed by atoms with Gasteiger partial charge in [-0.05, 0) is 48.6 Å². The SMILES string of the molecule is O=c1oc2cc(OCc3ccc([N+](=O)[O-])cc3)c(Cl)cc2c2c1CCC2. The lowest BCUT2D eigenvalue weighted by Gasteiger charge is -2.11. The molecule has 0 saturated heterocycles. The van der Waals surface area contributed by atoms with Crippen molar-refractivity contribution in [3.63, 3.8) is 0 Å². The van der Waals surface area contributed by atoms with Crippen molar-refractivity contribution in [3.05, 3.63) is 78.6 Å². The lowest BCUT2D eigenvalue weighted by Crippen LogP contribution is -2.07. The van der Waals surface area contributed by atoms with Crippen LogP contribution in [-0.2, 0) is 19.4 Å². The van der Waals surface area contributed by atoms with Gasteiger partial charge in [-0.25, -0.2) is 4.79 Å². The van der Waals surface area contributed by atoms with Crippen molar-refractivity contribution in [3.8, 4) is 5.75 Å². The normalized spacial score (nSPS) is 13.0. The number of nitrogens with zero attached hydrogens (tertiary/aromatic N) is 1. The molecule has 1 aliphatic rings. The summed E-state index contributed by atoms with van der Waals surface area (Å²) in [4.78, 5) is 22.3. The van der Waals surface area contributed by atoms with E-state index in [1.54, 1.807) is 24.3 Å². The van der Waals surface area contributed by atoms with Gasteiger partial charge in [0.1, 0.15) is 17.9 Å². The van der Waals surface area contributed by atoms with Gasteiger partial charge in [0.15, 0.2) is 0 Å². The minimum Gasteiger partial charge on any atom is -0.487 e. The molecular formula is C19H14ClNO5. The topological polar surface area (TPSA) is 82.6 Å². The predicted octanol–water partition coefficient (Wildman–Crippen LogP) is 4.42. The fourth-order valence-corrected chi connectivity index (χ4v) is 3.49. The van der Waals surface area contributed by atoms with Crippen LogP contribution in [0.25, 0.3) is 11.0 Å². The zero-order valence-electron chi connectivity index (χ0n) is 13.7. The third kappa shape index (κ3) is 2.93. The van der Waals surface area contributed by atoms with E-state index in [9.17, 15) is 14.9 Å². The maximum Gasteiger partial charge on any atom is 0.339 e. The average Bonchev–Trinajstić information content (AvgIpc) is 3.12. The Hall–Kier alpha value is -2.86. The van der Waals surface area contributed by atoms with E-state index in [1.165, 1.54) is 12.1 Å². The monoisotopic (exact) mass is 371 g/mol. The maximum atomic E-state index is 12.1. The Morgan fingerprint density at radius 1 is 1.15 bits per heavy atom. The summed E-state index contributed by atoms with van der Waals surface area (Å²) < 4.78 is 11.2. The van der Waals surface area contributed by atoms with E-state index in [1.807, 2.05) is 0 Å². The van der Waals surface area contributed by atoms with Gasteiger partial charge in [0, 0.05) is 29.1 Å². The highest BCUT2D eigenvalue weighted by molar-refractivity contribution is 6.32. The Balaban J connectivity index is 1.62. The summed E-state index contributed by atoms with van der Waals surface area (Å²) in [5.74, 6) is 0.401. The average molecular weight is 372 g/mol. The molecule has 1 aromatic heterocycles. The molecule has 0 bridgehead atoms. The Kier molecular flexibility index (Phi) is 4.12. The van der Waals surface area contributed by atoms with E-state index in [0.29, 0.717) is 16.4 Å². The standard InChI is InChI=1S/C19H14ClNO5/c20-16-8-15-13-2-1-3-14(13)19(22)26-17(15)9-18(16)25-10-11-4-6-12(7-5-11)21(23)24/h4-9H,1-3,10H2. The minimum atomic E-state index is -0.453. The number of nitro groups is 1. The number of ether oxygens (including phenoxy) is 1. The van der Waals surface area contributed by atoms with E-state index in [0.717, 1.165) is 41.3 Å². The summed E-state index contributed by atoms with van der Waals surface area (Å²) in [6.07, 6.45) is 2.52. The smallest absolute Gasteiger partial charge is 0.339 e. The van der Waals surface area contributed by atoms with Gasteiger partial charge >= 0.3 is 5.63 Å². The van der Waals surface area contributed by atoms with E-state index < -0.39 is 4.92 Å². The summed E-state index contributed by atoms with van der Waals surface area (Å²) in [7, 11) is 0. The molecule has 0 saturated carbocycles. The number of rotatable bonds is 4. The van der Waals surface area contributed by atoms with Crippen LogP contribution >= 0.6 is 11.6 Å². The third-order valence-corrected chi connectivity index (χ3v) is 4.86. The molecule has 6 nitrogen and oxygen atoms in total. The quantitative estimate of drug-likeness (QED) is 0.385. The molecule has 0 fully saturated rings. The summed E-state index contributed by atoms with van der Waals surface area (Å²) >= 11 is 6.34. The Morgan fingerprint density at radius 3 is 2.62 bits per heavy atom. The van der Waals surface area contributed by atoms with E-state index in [-0.39, 0.29) is 17.9 Å². The van der Waals surface area contributed by atoms with Crippen molar-refractivity contribution in [2.24, 2.45) is 0 Å². The molecule has 3 aromatic rings. The lowest BCUT2D eigenvalue weighted by atomic mass is 10.1. The predicted molar refractivity (Wildman–Crippen MR) is 96.9 cm³/mol. The summed E-state index contributed by atoms with van der Waals surface area (Å²) in [5.41, 5.74) is 2.70. The highest BCUT2D eigenvalue weighted by Crippen LogP contribution is 2.35. The molecular weight excluding hydrogens is 358 g/mol. The fraction of sp³-hybridized carbons (Fsp3) is 0.211. The van der Waals surface area contributed by atoms with Crippen LogP contribution in [0.4, 0.5) is 5.69 Å². The zero-order chi connectivity index (χ0) is 18.3. The number of hydrogen-bond donors (Lipinski definition) is 0. The number of fused-ring (bicyclic) bond motifs is 3. The van der Waals surface area contributed by atoms with Gasteiger partial charge < -0.3 is 9.15 Å². The molecule has 1 heterocycles. The largest absolute Gasteiger partial charge is 0.487 e. The summed E-state index contributed by atoms with van der Waals surface area (Å²) in [5, 5.41) is 12.0. The number of nitro benzene ring substituents is 1. The molecule has 0 unspecified atom stereocenters. The molecule has 0 atom stereocenters. The first-order valence-corrected chi connectivity index (χ1v) is 8.55. The van der Waals surface area contributed by atoms with Crippen molar-refractivity contribution in [2.75, 3.05) is 0 Å². The maximum absolute atomic E-state index is 12.1. The molecule has 0 spiro atoms. The van der Waals surface area contributed by atoms with Gasteiger partial charge in [-0.2, -0.15) is 0 Å². The molecule has 0 radical (unpaired) electrons. The number of halogens is 1. The molecule has 0 N–H and O–H groups in total. The van der Waals surface area contributed by atoms with Gasteiger partial charge in [-0.3, -0.25) is 10.1 Å². The molecule has 0 amide bonds. The van der Waals surface area contributed by atoms with Crippen LogP contribution in [0.5, 0.6) is 5.75 Å². The van der Waals surface area contributed by atoms with Crippen LogP contribution in [0.2, 0.25) is 5.02 Å². The molecule has 2 aromatic carbocycles. The van der Waals surface area contributed by atoms with Crippen molar-refractivity contribution < 1.29 is 14.1 Å². The fourth-order valence-electron chi connectivity index (χ4n) is 3.27. The first-order valence-electron chi connectivity index (χ1n) is 8.17. The number of aryl methyl sites for hydroxylation is 1. The van der Waals surface area contributed by atoms with Gasteiger partial charge in [-0.15, -0.1) is 0 Å². The number of hydrogen-bond acceptors (Lipinski definition) is 5. The Morgan fingerprint density at radius 2 is 1.88 bits per heavy atom. The number of non-ortho nitro benzene ring substituents is 1. The van der Waals surface area contributed by atoms with Crippen molar-refractivity contribution in [1.29, 1.82) is 0 Å².